The lowest BCUT2D eigenvalue weighted by Crippen LogP contribution is -2.34. The zero-order chi connectivity index (χ0) is 14.6. The molecule has 0 aliphatic carbocycles. The number of hydrogen-bond donors (Lipinski definition) is 1. The number of rotatable bonds is 6. The Morgan fingerprint density at radius 2 is 1.89 bits per heavy atom. The van der Waals surface area contributed by atoms with E-state index < -0.39 is 16.0 Å². The molecule has 0 aromatic carbocycles. The van der Waals surface area contributed by atoms with Gasteiger partial charge in [-0.05, 0) is 26.2 Å². The van der Waals surface area contributed by atoms with Crippen LogP contribution in [0, 0.1) is 0 Å². The summed E-state index contributed by atoms with van der Waals surface area (Å²) in [6.45, 7) is 0.917. The SMILES string of the molecule is CN(C)CCN(C)S(=O)(=O)c1ccc(C(=O)O)cn1. The summed E-state index contributed by atoms with van der Waals surface area (Å²) in [5.74, 6) is -1.14. The van der Waals surface area contributed by atoms with Crippen LogP contribution in [0.4, 0.5) is 0 Å². The van der Waals surface area contributed by atoms with Gasteiger partial charge in [0.25, 0.3) is 10.0 Å². The topological polar surface area (TPSA) is 90.8 Å². The third kappa shape index (κ3) is 3.98. The van der Waals surface area contributed by atoms with E-state index in [9.17, 15) is 13.2 Å². The van der Waals surface area contributed by atoms with Crippen molar-refractivity contribution in [2.45, 2.75) is 5.03 Å². The predicted molar refractivity (Wildman–Crippen MR) is 69.6 cm³/mol. The fourth-order valence-electron chi connectivity index (χ4n) is 1.28. The molecule has 0 radical (unpaired) electrons. The van der Waals surface area contributed by atoms with Crippen LogP contribution in [0.2, 0.25) is 0 Å². The van der Waals surface area contributed by atoms with Crippen LogP contribution in [0.1, 0.15) is 10.4 Å². The normalized spacial score (nSPS) is 12.1. The maximum Gasteiger partial charge on any atom is 0.337 e. The zero-order valence-corrected chi connectivity index (χ0v) is 11.9. The van der Waals surface area contributed by atoms with Gasteiger partial charge < -0.3 is 10.0 Å². The Hall–Kier alpha value is -1.51. The monoisotopic (exact) mass is 287 g/mol. The average molecular weight is 287 g/mol. The molecule has 0 fully saturated rings. The largest absolute Gasteiger partial charge is 0.478 e. The van der Waals surface area contributed by atoms with Crippen molar-refractivity contribution in [2.75, 3.05) is 34.2 Å². The molecule has 7 nitrogen and oxygen atoms in total. The highest BCUT2D eigenvalue weighted by Gasteiger charge is 2.22. The first kappa shape index (κ1) is 15.5. The molecule has 0 bridgehead atoms. The van der Waals surface area contributed by atoms with Gasteiger partial charge >= 0.3 is 5.97 Å². The molecular weight excluding hydrogens is 270 g/mol. The summed E-state index contributed by atoms with van der Waals surface area (Å²) in [4.78, 5) is 16.2. The van der Waals surface area contributed by atoms with Gasteiger partial charge in [0.15, 0.2) is 5.03 Å². The minimum absolute atomic E-state index is 0.0464. The summed E-state index contributed by atoms with van der Waals surface area (Å²) in [5, 5.41) is 8.57. The molecule has 1 aromatic rings. The molecule has 0 unspecified atom stereocenters. The second-order valence-corrected chi connectivity index (χ2v) is 6.31. The van der Waals surface area contributed by atoms with Crippen LogP contribution in [0.3, 0.4) is 0 Å². The van der Waals surface area contributed by atoms with E-state index in [4.69, 9.17) is 5.11 Å². The lowest BCUT2D eigenvalue weighted by Gasteiger charge is -2.18. The molecule has 1 N–H and O–H groups in total. The highest BCUT2D eigenvalue weighted by molar-refractivity contribution is 7.89. The summed E-state index contributed by atoms with van der Waals surface area (Å²) >= 11 is 0. The van der Waals surface area contributed by atoms with Gasteiger partial charge in [0, 0.05) is 26.3 Å². The summed E-state index contributed by atoms with van der Waals surface area (Å²) in [7, 11) is 1.48. The Morgan fingerprint density at radius 1 is 1.26 bits per heavy atom. The minimum atomic E-state index is -3.67. The first-order valence-corrected chi connectivity index (χ1v) is 6.99. The maximum absolute atomic E-state index is 12.1. The highest BCUT2D eigenvalue weighted by atomic mass is 32.2. The van der Waals surface area contributed by atoms with E-state index in [0.717, 1.165) is 6.20 Å². The van der Waals surface area contributed by atoms with Crippen LogP contribution < -0.4 is 0 Å². The van der Waals surface area contributed by atoms with Crippen molar-refractivity contribution in [3.05, 3.63) is 23.9 Å². The van der Waals surface area contributed by atoms with E-state index in [2.05, 4.69) is 4.98 Å². The molecule has 8 heteroatoms. The molecule has 1 rings (SSSR count). The van der Waals surface area contributed by atoms with Gasteiger partial charge in [-0.15, -0.1) is 0 Å². The van der Waals surface area contributed by atoms with Crippen LogP contribution in [0.5, 0.6) is 0 Å². The van der Waals surface area contributed by atoms with Crippen molar-refractivity contribution < 1.29 is 18.3 Å². The predicted octanol–water partition coefficient (Wildman–Crippen LogP) is -0.0381. The second kappa shape index (κ2) is 6.09. The van der Waals surface area contributed by atoms with Crippen LogP contribution in [-0.4, -0.2) is 67.9 Å². The molecule has 0 spiro atoms. The van der Waals surface area contributed by atoms with Crippen LogP contribution in [0.15, 0.2) is 23.4 Å². The molecule has 0 aliphatic rings. The first-order chi connectivity index (χ1) is 8.75. The Bertz CT molecular complexity index is 540. The Balaban J connectivity index is 2.90. The van der Waals surface area contributed by atoms with Crippen molar-refractivity contribution >= 4 is 16.0 Å². The summed E-state index contributed by atoms with van der Waals surface area (Å²) in [5.41, 5.74) is -0.0464. The molecule has 1 heterocycles. The van der Waals surface area contributed by atoms with Crippen LogP contribution in [-0.2, 0) is 10.0 Å². The fourth-order valence-corrected chi connectivity index (χ4v) is 2.35. The minimum Gasteiger partial charge on any atom is -0.478 e. The van der Waals surface area contributed by atoms with E-state index in [1.54, 1.807) is 0 Å². The van der Waals surface area contributed by atoms with Crippen molar-refractivity contribution in [3.63, 3.8) is 0 Å². The van der Waals surface area contributed by atoms with E-state index >= 15 is 0 Å². The summed E-state index contributed by atoms with van der Waals surface area (Å²) < 4.78 is 25.4. The van der Waals surface area contributed by atoms with Crippen molar-refractivity contribution in [1.82, 2.24) is 14.2 Å². The van der Waals surface area contributed by atoms with Crippen LogP contribution in [0.25, 0.3) is 0 Å². The molecule has 0 atom stereocenters. The second-order valence-electron chi connectivity index (χ2n) is 4.32. The quantitative estimate of drug-likeness (QED) is 0.789. The van der Waals surface area contributed by atoms with E-state index in [0.29, 0.717) is 13.1 Å². The molecule has 0 saturated carbocycles. The Labute approximate surface area is 112 Å². The highest BCUT2D eigenvalue weighted by Crippen LogP contribution is 2.11. The number of likely N-dealkylation sites (N-methyl/N-ethyl adjacent to an activating group) is 2. The molecule has 1 aromatic heterocycles. The standard InChI is InChI=1S/C11H17N3O4S/c1-13(2)6-7-14(3)19(17,18)10-5-4-9(8-12-10)11(15)16/h4-5,8H,6-7H2,1-3H3,(H,15,16). The number of sulfonamides is 1. The molecule has 106 valence electrons. The number of carboxylic acid groups (broad SMARTS) is 1. The Morgan fingerprint density at radius 3 is 2.32 bits per heavy atom. The van der Waals surface area contributed by atoms with Gasteiger partial charge in [-0.2, -0.15) is 4.31 Å². The number of carbonyl (C=O) groups is 1. The van der Waals surface area contributed by atoms with Crippen molar-refractivity contribution in [1.29, 1.82) is 0 Å². The summed E-state index contributed by atoms with van der Waals surface area (Å²) in [6, 6.07) is 2.42. The molecule has 19 heavy (non-hydrogen) atoms. The number of aromatic carboxylic acids is 1. The van der Waals surface area contributed by atoms with Gasteiger partial charge in [0.05, 0.1) is 5.56 Å². The lowest BCUT2D eigenvalue weighted by atomic mass is 10.3. The fraction of sp³-hybridized carbons (Fsp3) is 0.455. The number of pyridine rings is 1. The van der Waals surface area contributed by atoms with Gasteiger partial charge in [-0.25, -0.2) is 18.2 Å². The average Bonchev–Trinajstić information content (AvgIpc) is 2.35. The van der Waals surface area contributed by atoms with Crippen LogP contribution >= 0.6 is 0 Å². The third-order valence-corrected chi connectivity index (χ3v) is 4.29. The van der Waals surface area contributed by atoms with Gasteiger partial charge in [-0.1, -0.05) is 0 Å². The molecule has 0 amide bonds. The maximum atomic E-state index is 12.1. The third-order valence-electron chi connectivity index (χ3n) is 2.52. The number of carboxylic acids is 1. The number of nitrogens with zero attached hydrogens (tertiary/aromatic N) is 3. The molecule has 0 saturated heterocycles. The lowest BCUT2D eigenvalue weighted by molar-refractivity contribution is 0.0696. The smallest absolute Gasteiger partial charge is 0.337 e. The molecule has 0 aliphatic heterocycles. The van der Waals surface area contributed by atoms with E-state index in [-0.39, 0.29) is 10.6 Å². The van der Waals surface area contributed by atoms with Gasteiger partial charge in [0.2, 0.25) is 0 Å². The van der Waals surface area contributed by atoms with Crippen molar-refractivity contribution in [3.8, 4) is 0 Å². The number of hydrogen-bond acceptors (Lipinski definition) is 5. The van der Waals surface area contributed by atoms with Gasteiger partial charge in [-0.3, -0.25) is 0 Å². The number of aromatic nitrogens is 1. The molecular formula is C11H17N3O4S. The Kier molecular flexibility index (Phi) is 4.98. The van der Waals surface area contributed by atoms with E-state index in [1.807, 2.05) is 19.0 Å². The van der Waals surface area contributed by atoms with Crippen molar-refractivity contribution in [2.24, 2.45) is 0 Å². The summed E-state index contributed by atoms with van der Waals surface area (Å²) in [6.07, 6.45) is 1.04. The van der Waals surface area contributed by atoms with Gasteiger partial charge in [0.1, 0.15) is 0 Å². The van der Waals surface area contributed by atoms with E-state index in [1.165, 1.54) is 23.5 Å². The first-order valence-electron chi connectivity index (χ1n) is 5.55. The zero-order valence-electron chi connectivity index (χ0n) is 11.1.